The summed E-state index contributed by atoms with van der Waals surface area (Å²) in [6.07, 6.45) is 50.4. The number of hydrogen-bond acceptors (Lipinski definition) is 13. The highest BCUT2D eigenvalue weighted by Gasteiger charge is 2.51. The number of rotatable bonds is 59. The maximum atomic E-state index is 13.3. The molecule has 2 aliphatic heterocycles. The van der Waals surface area contributed by atoms with Crippen molar-refractivity contribution in [3.8, 4) is 0 Å². The lowest BCUT2D eigenvalue weighted by Crippen LogP contribution is -2.65. The molecule has 9 N–H and O–H groups in total. The van der Waals surface area contributed by atoms with Gasteiger partial charge in [-0.15, -0.1) is 0 Å². The zero-order valence-corrected chi connectivity index (χ0v) is 53.5. The first-order valence-electron chi connectivity index (χ1n) is 35.4. The minimum absolute atomic E-state index is 0.234. The van der Waals surface area contributed by atoms with Gasteiger partial charge in [0.15, 0.2) is 12.6 Å². The largest absolute Gasteiger partial charge is 0.394 e. The van der Waals surface area contributed by atoms with Crippen LogP contribution in [0.1, 0.15) is 328 Å². The highest BCUT2D eigenvalue weighted by atomic mass is 16.7. The Kier molecular flexibility index (Phi) is 51.4. The Morgan fingerprint density at radius 1 is 0.422 bits per heavy atom. The zero-order chi connectivity index (χ0) is 60.2. The van der Waals surface area contributed by atoms with Gasteiger partial charge in [-0.1, -0.05) is 315 Å². The quantitative estimate of drug-likeness (QED) is 0.0204. The first kappa shape index (κ1) is 77.8. The van der Waals surface area contributed by atoms with E-state index in [1.54, 1.807) is 6.08 Å². The number of carbonyl (C=O) groups is 1. The number of allylic oxidation sites excluding steroid dienone is 1. The number of nitrogens with one attached hydrogen (secondary N) is 1. The minimum Gasteiger partial charge on any atom is -0.394 e. The van der Waals surface area contributed by atoms with Crippen LogP contribution in [0.4, 0.5) is 0 Å². The number of ether oxygens (including phenoxy) is 4. The summed E-state index contributed by atoms with van der Waals surface area (Å²) in [5.41, 5.74) is 0. The number of unbranched alkanes of at least 4 members (excludes halogenated alkanes) is 46. The van der Waals surface area contributed by atoms with Gasteiger partial charge in [0.05, 0.1) is 32.0 Å². The van der Waals surface area contributed by atoms with Crippen LogP contribution in [-0.4, -0.2) is 140 Å². The van der Waals surface area contributed by atoms with Crippen LogP contribution < -0.4 is 5.32 Å². The van der Waals surface area contributed by atoms with Crippen LogP contribution in [-0.2, 0) is 23.7 Å². The van der Waals surface area contributed by atoms with Gasteiger partial charge in [-0.2, -0.15) is 0 Å². The molecule has 12 unspecified atom stereocenters. The summed E-state index contributed by atoms with van der Waals surface area (Å²) in [6.45, 7) is 2.82. The van der Waals surface area contributed by atoms with Crippen molar-refractivity contribution in [2.24, 2.45) is 0 Å². The average molecular weight is 1180 g/mol. The van der Waals surface area contributed by atoms with Crippen LogP contribution in [0, 0.1) is 0 Å². The van der Waals surface area contributed by atoms with Crippen molar-refractivity contribution in [3.63, 3.8) is 0 Å². The summed E-state index contributed by atoms with van der Waals surface area (Å²) in [6, 6.07) is -0.909. The lowest BCUT2D eigenvalue weighted by Gasteiger charge is -2.46. The summed E-state index contributed by atoms with van der Waals surface area (Å²) in [7, 11) is 0. The van der Waals surface area contributed by atoms with Gasteiger partial charge in [0.1, 0.15) is 48.8 Å². The SMILES string of the molecule is CCCCCCCCCCC/C=C/C(O)C(COC1OC(CO)C(OC2OC(CO)C(O)C(O)C2O)C(O)C1O)NC(=O)CCCCCCCCCCCCCCCCCCCCCCCCCCCCCCCCCCCCCCCC. The molecule has 2 fully saturated rings. The summed E-state index contributed by atoms with van der Waals surface area (Å²) >= 11 is 0. The fourth-order valence-corrected chi connectivity index (χ4v) is 12.1. The second kappa shape index (κ2) is 54.8. The smallest absolute Gasteiger partial charge is 0.220 e. The molecule has 2 saturated heterocycles. The normalized spacial score (nSPS) is 23.8. The molecular formula is C69H133NO13. The monoisotopic (exact) mass is 1180 g/mol. The molecule has 14 heteroatoms. The predicted octanol–water partition coefficient (Wildman–Crippen LogP) is 14.2. The predicted molar refractivity (Wildman–Crippen MR) is 337 cm³/mol. The molecular weight excluding hydrogens is 1050 g/mol. The molecule has 1 amide bonds. The third-order valence-electron chi connectivity index (χ3n) is 17.7. The van der Waals surface area contributed by atoms with E-state index in [2.05, 4.69) is 19.2 Å². The van der Waals surface area contributed by atoms with E-state index in [-0.39, 0.29) is 18.9 Å². The lowest BCUT2D eigenvalue weighted by molar-refractivity contribution is -0.359. The van der Waals surface area contributed by atoms with Crippen LogP contribution in [0.25, 0.3) is 0 Å². The van der Waals surface area contributed by atoms with Crippen LogP contribution in [0.5, 0.6) is 0 Å². The maximum Gasteiger partial charge on any atom is 0.220 e. The molecule has 12 atom stereocenters. The third-order valence-corrected chi connectivity index (χ3v) is 17.7. The van der Waals surface area contributed by atoms with Crippen molar-refractivity contribution in [1.29, 1.82) is 0 Å². The van der Waals surface area contributed by atoms with E-state index in [1.165, 1.54) is 263 Å². The van der Waals surface area contributed by atoms with E-state index in [1.807, 2.05) is 6.08 Å². The van der Waals surface area contributed by atoms with Crippen LogP contribution in [0.2, 0.25) is 0 Å². The second-order valence-electron chi connectivity index (χ2n) is 25.4. The molecule has 0 aromatic rings. The van der Waals surface area contributed by atoms with E-state index in [0.717, 1.165) is 38.5 Å². The Balaban J connectivity index is 1.52. The van der Waals surface area contributed by atoms with Crippen molar-refractivity contribution < 1.29 is 64.6 Å². The van der Waals surface area contributed by atoms with E-state index in [4.69, 9.17) is 18.9 Å². The summed E-state index contributed by atoms with van der Waals surface area (Å²) in [5.74, 6) is -0.234. The van der Waals surface area contributed by atoms with E-state index in [0.29, 0.717) is 6.42 Å². The fourth-order valence-electron chi connectivity index (χ4n) is 12.1. The Hall–Kier alpha value is -1.27. The molecule has 0 saturated carbocycles. The molecule has 2 aliphatic rings. The van der Waals surface area contributed by atoms with Gasteiger partial charge in [-0.25, -0.2) is 0 Å². The molecule has 2 rings (SSSR count). The van der Waals surface area contributed by atoms with Gasteiger partial charge in [0.2, 0.25) is 5.91 Å². The highest BCUT2D eigenvalue weighted by Crippen LogP contribution is 2.30. The first-order chi connectivity index (χ1) is 40.6. The van der Waals surface area contributed by atoms with Crippen molar-refractivity contribution in [1.82, 2.24) is 5.32 Å². The average Bonchev–Trinajstić information content (AvgIpc) is 3.68. The van der Waals surface area contributed by atoms with Crippen molar-refractivity contribution in [2.75, 3.05) is 19.8 Å². The highest BCUT2D eigenvalue weighted by molar-refractivity contribution is 5.76. The number of aliphatic hydroxyl groups excluding tert-OH is 8. The van der Waals surface area contributed by atoms with Gasteiger partial charge in [0.25, 0.3) is 0 Å². The first-order valence-corrected chi connectivity index (χ1v) is 35.4. The molecule has 0 spiro atoms. The molecule has 492 valence electrons. The molecule has 0 aromatic heterocycles. The number of amides is 1. The third kappa shape index (κ3) is 39.4. The molecule has 14 nitrogen and oxygen atoms in total. The van der Waals surface area contributed by atoms with Gasteiger partial charge >= 0.3 is 0 Å². The molecule has 2 heterocycles. The zero-order valence-electron chi connectivity index (χ0n) is 53.5. The summed E-state index contributed by atoms with van der Waals surface area (Å²) < 4.78 is 22.8. The maximum absolute atomic E-state index is 13.3. The molecule has 0 bridgehead atoms. The van der Waals surface area contributed by atoms with Crippen molar-refractivity contribution in [2.45, 2.75) is 402 Å². The second-order valence-corrected chi connectivity index (χ2v) is 25.4. The topological polar surface area (TPSA) is 228 Å². The van der Waals surface area contributed by atoms with E-state index in [9.17, 15) is 45.6 Å². The fraction of sp³-hybridized carbons (Fsp3) is 0.957. The Morgan fingerprint density at radius 2 is 0.747 bits per heavy atom. The number of hydrogen-bond donors (Lipinski definition) is 9. The van der Waals surface area contributed by atoms with Crippen molar-refractivity contribution >= 4 is 5.91 Å². The summed E-state index contributed by atoms with van der Waals surface area (Å²) in [4.78, 5) is 13.3. The van der Waals surface area contributed by atoms with Gasteiger partial charge in [0, 0.05) is 6.42 Å². The van der Waals surface area contributed by atoms with Gasteiger partial charge in [-0.3, -0.25) is 4.79 Å². The minimum atomic E-state index is -1.79. The number of aliphatic hydroxyl groups is 8. The van der Waals surface area contributed by atoms with Gasteiger partial charge < -0.3 is 65.1 Å². The summed E-state index contributed by atoms with van der Waals surface area (Å²) in [5, 5.41) is 87.1. The van der Waals surface area contributed by atoms with Crippen LogP contribution in [0.15, 0.2) is 12.2 Å². The lowest BCUT2D eigenvalue weighted by atomic mass is 9.97. The molecule has 0 aliphatic carbocycles. The van der Waals surface area contributed by atoms with Crippen LogP contribution in [0.3, 0.4) is 0 Å². The molecule has 83 heavy (non-hydrogen) atoms. The van der Waals surface area contributed by atoms with Crippen LogP contribution >= 0.6 is 0 Å². The standard InChI is InChI=1S/C69H133NO13/c1-3-5-7-9-11-13-15-16-17-18-19-20-21-22-23-24-25-26-27-28-29-30-31-32-33-34-35-36-37-38-39-40-41-43-45-47-49-51-53-61(74)70-57(58(73)52-50-48-46-44-42-14-12-10-8-6-4-2)56-80-68-66(79)64(77)67(60(55-72)82-68)83-69-65(78)63(76)62(75)59(54-71)81-69/h50,52,57-60,62-69,71-73,75-79H,3-49,51,53-56H2,1-2H3,(H,70,74)/b52-50+. The van der Waals surface area contributed by atoms with E-state index >= 15 is 0 Å². The van der Waals surface area contributed by atoms with E-state index < -0.39 is 86.8 Å². The number of carbonyl (C=O) groups excluding carboxylic acids is 1. The van der Waals surface area contributed by atoms with Gasteiger partial charge in [-0.05, 0) is 19.3 Å². The molecule has 0 aromatic carbocycles. The van der Waals surface area contributed by atoms with Crippen molar-refractivity contribution in [3.05, 3.63) is 12.2 Å². The Bertz CT molecular complexity index is 1440. The molecule has 0 radical (unpaired) electrons. The Morgan fingerprint density at radius 3 is 1.11 bits per heavy atom. The Labute approximate surface area is 507 Å².